The molecule has 6 nitrogen and oxygen atoms in total. The highest BCUT2D eigenvalue weighted by Gasteiger charge is 2.29. The Morgan fingerprint density at radius 1 is 1.23 bits per heavy atom. The highest BCUT2D eigenvalue weighted by molar-refractivity contribution is 8.01. The number of aryl methyl sites for hydroxylation is 1. The summed E-state index contributed by atoms with van der Waals surface area (Å²) in [6, 6.07) is 9.42. The van der Waals surface area contributed by atoms with Crippen molar-refractivity contribution >= 4 is 40.8 Å². The standard InChI is InChI=1S/C23H26ClN3O3S/c1-7-30-22(29)20(14(3)28)31-18-12-17(23(4,5)6)25-21-19(13(2)26-27(18)21)15-8-10-16(24)11-9-15/h8-12,20H,7H2,1-6H3. The van der Waals surface area contributed by atoms with Gasteiger partial charge in [-0.05, 0) is 44.5 Å². The Balaban J connectivity index is 2.23. The molecule has 0 bridgehead atoms. The Labute approximate surface area is 191 Å². The van der Waals surface area contributed by atoms with Crippen LogP contribution in [0.3, 0.4) is 0 Å². The monoisotopic (exact) mass is 459 g/mol. The summed E-state index contributed by atoms with van der Waals surface area (Å²) < 4.78 is 6.82. The molecule has 0 amide bonds. The van der Waals surface area contributed by atoms with Gasteiger partial charge >= 0.3 is 5.97 Å². The molecule has 1 aromatic carbocycles. The number of rotatable bonds is 6. The number of nitrogens with zero attached hydrogens (tertiary/aromatic N) is 3. The molecule has 31 heavy (non-hydrogen) atoms. The van der Waals surface area contributed by atoms with Gasteiger partial charge in [-0.2, -0.15) is 5.10 Å². The molecule has 0 aliphatic rings. The molecule has 3 aromatic rings. The molecule has 1 unspecified atom stereocenters. The molecule has 1 atom stereocenters. The minimum absolute atomic E-state index is 0.212. The van der Waals surface area contributed by atoms with E-state index in [9.17, 15) is 9.59 Å². The zero-order valence-corrected chi connectivity index (χ0v) is 20.1. The van der Waals surface area contributed by atoms with Gasteiger partial charge in [0.05, 0.1) is 18.0 Å². The number of aromatic nitrogens is 3. The lowest BCUT2D eigenvalue weighted by molar-refractivity contribution is -0.144. The Hall–Kier alpha value is -2.38. The molecular formula is C23H26ClN3O3S. The predicted molar refractivity (Wildman–Crippen MR) is 124 cm³/mol. The number of halogens is 1. The van der Waals surface area contributed by atoms with Crippen LogP contribution in [0.4, 0.5) is 0 Å². The first-order valence-electron chi connectivity index (χ1n) is 10.0. The van der Waals surface area contributed by atoms with Crippen LogP contribution in [-0.4, -0.2) is 38.2 Å². The van der Waals surface area contributed by atoms with Gasteiger partial charge < -0.3 is 4.74 Å². The second kappa shape index (κ2) is 9.01. The molecule has 0 spiro atoms. The summed E-state index contributed by atoms with van der Waals surface area (Å²) in [5, 5.41) is 5.03. The summed E-state index contributed by atoms with van der Waals surface area (Å²) in [5.41, 5.74) is 3.88. The number of carbonyl (C=O) groups is 2. The largest absolute Gasteiger partial charge is 0.465 e. The third kappa shape index (κ3) is 4.93. The summed E-state index contributed by atoms with van der Waals surface area (Å²) in [6.07, 6.45) is 0. The minimum atomic E-state index is -0.971. The number of hydrogen-bond donors (Lipinski definition) is 0. The number of hydrogen-bond acceptors (Lipinski definition) is 6. The van der Waals surface area contributed by atoms with Crippen LogP contribution < -0.4 is 0 Å². The lowest BCUT2D eigenvalue weighted by Crippen LogP contribution is -2.27. The highest BCUT2D eigenvalue weighted by atomic mass is 35.5. The van der Waals surface area contributed by atoms with E-state index in [0.29, 0.717) is 15.7 Å². The maximum atomic E-state index is 12.4. The van der Waals surface area contributed by atoms with Crippen molar-refractivity contribution in [2.24, 2.45) is 0 Å². The van der Waals surface area contributed by atoms with Gasteiger partial charge in [-0.1, -0.05) is 56.3 Å². The van der Waals surface area contributed by atoms with Crippen LogP contribution in [0.15, 0.2) is 35.4 Å². The zero-order valence-electron chi connectivity index (χ0n) is 18.5. The van der Waals surface area contributed by atoms with Crippen molar-refractivity contribution in [3.8, 4) is 11.1 Å². The summed E-state index contributed by atoms with van der Waals surface area (Å²) >= 11 is 7.21. The number of thioether (sulfide) groups is 1. The van der Waals surface area contributed by atoms with Gasteiger partial charge in [-0.15, -0.1) is 0 Å². The highest BCUT2D eigenvalue weighted by Crippen LogP contribution is 2.35. The lowest BCUT2D eigenvalue weighted by atomic mass is 9.92. The number of ketones is 1. The average molecular weight is 460 g/mol. The second-order valence-corrected chi connectivity index (χ2v) is 9.85. The number of benzene rings is 1. The third-order valence-corrected chi connectivity index (χ3v) is 6.29. The van der Waals surface area contributed by atoms with Crippen LogP contribution in [0, 0.1) is 6.92 Å². The Bertz CT molecular complexity index is 1130. The fourth-order valence-electron chi connectivity index (χ4n) is 3.15. The van der Waals surface area contributed by atoms with Crippen molar-refractivity contribution in [1.82, 2.24) is 14.6 Å². The number of ether oxygens (including phenoxy) is 1. The van der Waals surface area contributed by atoms with Gasteiger partial charge in [0.1, 0.15) is 5.03 Å². The van der Waals surface area contributed by atoms with Crippen LogP contribution in [-0.2, 0) is 19.7 Å². The number of Topliss-reactive ketones (excluding diaryl/α,β-unsaturated/α-hetero) is 1. The Morgan fingerprint density at radius 3 is 2.42 bits per heavy atom. The first-order valence-corrected chi connectivity index (χ1v) is 11.3. The molecule has 0 radical (unpaired) electrons. The Kier molecular flexibility index (Phi) is 6.76. The SMILES string of the molecule is CCOC(=O)C(Sc1cc(C(C)(C)C)nc2c(-c3ccc(Cl)cc3)c(C)nn12)C(C)=O. The van der Waals surface area contributed by atoms with E-state index in [2.05, 4.69) is 25.9 Å². The number of esters is 1. The van der Waals surface area contributed by atoms with Crippen molar-refractivity contribution in [2.45, 2.75) is 57.2 Å². The quantitative estimate of drug-likeness (QED) is 0.216. The first kappa shape index (κ1) is 23.3. The molecule has 2 aromatic heterocycles. The molecule has 0 saturated heterocycles. The molecule has 0 fully saturated rings. The molecule has 0 N–H and O–H groups in total. The maximum Gasteiger partial charge on any atom is 0.327 e. The Morgan fingerprint density at radius 2 is 1.87 bits per heavy atom. The second-order valence-electron chi connectivity index (χ2n) is 8.29. The van der Waals surface area contributed by atoms with Crippen LogP contribution in [0.5, 0.6) is 0 Å². The van der Waals surface area contributed by atoms with Gasteiger partial charge in [0.15, 0.2) is 16.7 Å². The van der Waals surface area contributed by atoms with Gasteiger partial charge in [0, 0.05) is 16.0 Å². The topological polar surface area (TPSA) is 73.6 Å². The minimum Gasteiger partial charge on any atom is -0.465 e. The van der Waals surface area contributed by atoms with Crippen molar-refractivity contribution in [3.05, 3.63) is 46.7 Å². The molecule has 0 saturated carbocycles. The predicted octanol–water partition coefficient (Wildman–Crippen LogP) is 5.27. The van der Waals surface area contributed by atoms with E-state index in [1.807, 2.05) is 37.3 Å². The van der Waals surface area contributed by atoms with Gasteiger partial charge in [0.2, 0.25) is 0 Å². The maximum absolute atomic E-state index is 12.4. The van der Waals surface area contributed by atoms with Crippen LogP contribution in [0.2, 0.25) is 5.02 Å². The molecule has 0 aliphatic carbocycles. The first-order chi connectivity index (χ1) is 14.5. The lowest BCUT2D eigenvalue weighted by Gasteiger charge is -2.20. The van der Waals surface area contributed by atoms with E-state index in [4.69, 9.17) is 21.3 Å². The summed E-state index contributed by atoms with van der Waals surface area (Å²) in [5.74, 6) is -0.823. The molecule has 3 rings (SSSR count). The van der Waals surface area contributed by atoms with Crippen LogP contribution >= 0.6 is 23.4 Å². The van der Waals surface area contributed by atoms with Crippen molar-refractivity contribution in [2.75, 3.05) is 6.61 Å². The van der Waals surface area contributed by atoms with E-state index in [1.165, 1.54) is 6.92 Å². The van der Waals surface area contributed by atoms with E-state index < -0.39 is 11.2 Å². The zero-order chi connectivity index (χ0) is 22.9. The number of fused-ring (bicyclic) bond motifs is 1. The van der Waals surface area contributed by atoms with E-state index in [1.54, 1.807) is 11.4 Å². The van der Waals surface area contributed by atoms with Crippen LogP contribution in [0.25, 0.3) is 16.8 Å². The molecular weight excluding hydrogens is 434 g/mol. The molecule has 0 aliphatic heterocycles. The van der Waals surface area contributed by atoms with Gasteiger partial charge in [-0.3, -0.25) is 9.59 Å². The summed E-state index contributed by atoms with van der Waals surface area (Å²) in [6.45, 7) is 11.4. The van der Waals surface area contributed by atoms with Crippen molar-refractivity contribution in [1.29, 1.82) is 0 Å². The molecule has 8 heteroatoms. The third-order valence-electron chi connectivity index (χ3n) is 4.74. The summed E-state index contributed by atoms with van der Waals surface area (Å²) in [4.78, 5) is 29.6. The normalized spacial score (nSPS) is 12.7. The molecule has 164 valence electrons. The van der Waals surface area contributed by atoms with Gasteiger partial charge in [-0.25, -0.2) is 9.50 Å². The smallest absolute Gasteiger partial charge is 0.327 e. The molecule has 2 heterocycles. The van der Waals surface area contributed by atoms with Crippen molar-refractivity contribution < 1.29 is 14.3 Å². The van der Waals surface area contributed by atoms with E-state index in [-0.39, 0.29) is 17.8 Å². The number of carbonyl (C=O) groups excluding carboxylic acids is 2. The van der Waals surface area contributed by atoms with E-state index in [0.717, 1.165) is 34.3 Å². The van der Waals surface area contributed by atoms with Crippen LogP contribution in [0.1, 0.15) is 46.0 Å². The fourth-order valence-corrected chi connectivity index (χ4v) is 4.26. The van der Waals surface area contributed by atoms with Crippen molar-refractivity contribution in [3.63, 3.8) is 0 Å². The average Bonchev–Trinajstić information content (AvgIpc) is 3.01. The van der Waals surface area contributed by atoms with Gasteiger partial charge in [0.25, 0.3) is 0 Å². The van der Waals surface area contributed by atoms with E-state index >= 15 is 0 Å². The summed E-state index contributed by atoms with van der Waals surface area (Å²) in [7, 11) is 0. The fraction of sp³-hybridized carbons (Fsp3) is 0.391.